The minimum Gasteiger partial charge on any atom is -0.478 e. The van der Waals surface area contributed by atoms with Crippen LogP contribution in [0.1, 0.15) is 10.4 Å². The Kier molecular flexibility index (Phi) is 4.55. The minimum atomic E-state index is -3.84. The van der Waals surface area contributed by atoms with Crippen LogP contribution in [0, 0.1) is 0 Å². The molecule has 0 aromatic heterocycles. The van der Waals surface area contributed by atoms with E-state index in [1.54, 1.807) is 24.3 Å². The highest BCUT2D eigenvalue weighted by Crippen LogP contribution is 2.24. The third kappa shape index (κ3) is 3.75. The number of hydrogen-bond donors (Lipinski definition) is 2. The Hall–Kier alpha value is -1.57. The van der Waals surface area contributed by atoms with Gasteiger partial charge in [-0.2, -0.15) is 0 Å². The van der Waals surface area contributed by atoms with Gasteiger partial charge in [0.2, 0.25) is 0 Å². The van der Waals surface area contributed by atoms with Crippen molar-refractivity contribution in [3.05, 3.63) is 57.5 Å². The van der Waals surface area contributed by atoms with Crippen LogP contribution in [0.5, 0.6) is 0 Å². The van der Waals surface area contributed by atoms with Gasteiger partial charge >= 0.3 is 5.97 Å². The number of sulfonamides is 1. The van der Waals surface area contributed by atoms with Crippen LogP contribution in [0.3, 0.4) is 0 Å². The molecule has 0 aliphatic carbocycles. The van der Waals surface area contributed by atoms with E-state index in [2.05, 4.69) is 20.7 Å². The first kappa shape index (κ1) is 15.8. The topological polar surface area (TPSA) is 83.5 Å². The summed E-state index contributed by atoms with van der Waals surface area (Å²) in [4.78, 5) is 10.7. The number of carboxylic acids is 1. The fourth-order valence-corrected chi connectivity index (χ4v) is 3.40. The molecule has 8 heteroatoms. The Morgan fingerprint density at radius 3 is 2.48 bits per heavy atom. The maximum absolute atomic E-state index is 12.2. The van der Waals surface area contributed by atoms with Gasteiger partial charge < -0.3 is 5.11 Å². The molecule has 0 unspecified atom stereocenters. The van der Waals surface area contributed by atoms with Gasteiger partial charge in [-0.1, -0.05) is 33.6 Å². The Bertz CT molecular complexity index is 808. The normalized spacial score (nSPS) is 11.1. The van der Waals surface area contributed by atoms with Crippen LogP contribution in [0.4, 0.5) is 5.69 Å². The monoisotopic (exact) mass is 389 g/mol. The fourth-order valence-electron chi connectivity index (χ4n) is 1.60. The summed E-state index contributed by atoms with van der Waals surface area (Å²) in [6, 6.07) is 10.1. The Morgan fingerprint density at radius 2 is 1.90 bits per heavy atom. The van der Waals surface area contributed by atoms with Gasteiger partial charge in [0.1, 0.15) is 0 Å². The average molecular weight is 391 g/mol. The van der Waals surface area contributed by atoms with Crippen LogP contribution in [-0.2, 0) is 10.0 Å². The standard InChI is InChI=1S/C13H9BrClNO4S/c14-8-2-1-3-9(6-8)16-21(19,20)10-4-5-11(13(17)18)12(15)7-10/h1-7,16H,(H,17,18). The molecule has 21 heavy (non-hydrogen) atoms. The molecule has 0 amide bonds. The van der Waals surface area contributed by atoms with Crippen molar-refractivity contribution in [2.75, 3.05) is 4.72 Å². The van der Waals surface area contributed by atoms with Gasteiger partial charge in [0, 0.05) is 10.2 Å². The summed E-state index contributed by atoms with van der Waals surface area (Å²) >= 11 is 9.02. The van der Waals surface area contributed by atoms with Crippen LogP contribution in [-0.4, -0.2) is 19.5 Å². The van der Waals surface area contributed by atoms with Crippen LogP contribution in [0.25, 0.3) is 0 Å². The van der Waals surface area contributed by atoms with E-state index in [0.29, 0.717) is 5.69 Å². The van der Waals surface area contributed by atoms with Crippen molar-refractivity contribution in [3.63, 3.8) is 0 Å². The van der Waals surface area contributed by atoms with E-state index < -0.39 is 16.0 Å². The van der Waals surface area contributed by atoms with Crippen molar-refractivity contribution in [1.82, 2.24) is 0 Å². The second-order valence-corrected chi connectivity index (χ2v) is 7.07. The first-order valence-electron chi connectivity index (χ1n) is 5.61. The summed E-state index contributed by atoms with van der Waals surface area (Å²) in [6.45, 7) is 0. The van der Waals surface area contributed by atoms with E-state index in [9.17, 15) is 13.2 Å². The van der Waals surface area contributed by atoms with Crippen molar-refractivity contribution < 1.29 is 18.3 Å². The zero-order valence-electron chi connectivity index (χ0n) is 10.4. The number of aromatic carboxylic acids is 1. The van der Waals surface area contributed by atoms with Crippen molar-refractivity contribution in [1.29, 1.82) is 0 Å². The van der Waals surface area contributed by atoms with E-state index in [1.807, 2.05) is 0 Å². The SMILES string of the molecule is O=C(O)c1ccc(S(=O)(=O)Nc2cccc(Br)c2)cc1Cl. The molecule has 0 saturated carbocycles. The second-order valence-electron chi connectivity index (χ2n) is 4.06. The number of carbonyl (C=O) groups is 1. The van der Waals surface area contributed by atoms with Gasteiger partial charge in [0.25, 0.3) is 10.0 Å². The molecule has 2 rings (SSSR count). The molecule has 2 aromatic carbocycles. The lowest BCUT2D eigenvalue weighted by Gasteiger charge is -2.09. The van der Waals surface area contributed by atoms with Crippen LogP contribution < -0.4 is 4.72 Å². The van der Waals surface area contributed by atoms with Gasteiger partial charge in [-0.25, -0.2) is 13.2 Å². The molecule has 2 N–H and O–H groups in total. The summed E-state index contributed by atoms with van der Waals surface area (Å²) in [5.74, 6) is -1.22. The Balaban J connectivity index is 2.36. The molecule has 0 heterocycles. The van der Waals surface area contributed by atoms with Crippen LogP contribution in [0.2, 0.25) is 5.02 Å². The highest BCUT2D eigenvalue weighted by Gasteiger charge is 2.18. The van der Waals surface area contributed by atoms with E-state index in [0.717, 1.165) is 16.6 Å². The predicted octanol–water partition coefficient (Wildman–Crippen LogP) is 3.60. The largest absolute Gasteiger partial charge is 0.478 e. The number of nitrogens with one attached hydrogen (secondary N) is 1. The van der Waals surface area contributed by atoms with E-state index in [1.165, 1.54) is 6.07 Å². The number of carboxylic acid groups (broad SMARTS) is 1. The maximum atomic E-state index is 12.2. The third-order valence-electron chi connectivity index (χ3n) is 2.56. The highest BCUT2D eigenvalue weighted by molar-refractivity contribution is 9.10. The molecule has 0 aliphatic heterocycles. The summed E-state index contributed by atoms with van der Waals surface area (Å²) < 4.78 is 27.5. The van der Waals surface area contributed by atoms with Gasteiger partial charge in [0.15, 0.2) is 0 Å². The molecule has 0 bridgehead atoms. The molecule has 2 aromatic rings. The van der Waals surface area contributed by atoms with Crippen molar-refractivity contribution >= 4 is 49.2 Å². The first-order chi connectivity index (χ1) is 9.79. The lowest BCUT2D eigenvalue weighted by atomic mass is 10.2. The molecule has 0 spiro atoms. The van der Waals surface area contributed by atoms with Crippen LogP contribution in [0.15, 0.2) is 51.8 Å². The average Bonchev–Trinajstić information content (AvgIpc) is 2.37. The number of hydrogen-bond acceptors (Lipinski definition) is 3. The smallest absolute Gasteiger partial charge is 0.337 e. The quantitative estimate of drug-likeness (QED) is 0.835. The molecule has 0 fully saturated rings. The fraction of sp³-hybridized carbons (Fsp3) is 0. The van der Waals surface area contributed by atoms with E-state index >= 15 is 0 Å². The zero-order chi connectivity index (χ0) is 15.6. The summed E-state index contributed by atoms with van der Waals surface area (Å²) in [5.41, 5.74) is 0.223. The van der Waals surface area contributed by atoms with Gasteiger partial charge in [-0.05, 0) is 36.4 Å². The van der Waals surface area contributed by atoms with Gasteiger partial charge in [-0.15, -0.1) is 0 Å². The molecule has 0 atom stereocenters. The minimum absolute atomic E-state index is 0.113. The molecule has 0 aliphatic rings. The highest BCUT2D eigenvalue weighted by atomic mass is 79.9. The summed E-state index contributed by atoms with van der Waals surface area (Å²) in [6.07, 6.45) is 0. The van der Waals surface area contributed by atoms with E-state index in [-0.39, 0.29) is 15.5 Å². The van der Waals surface area contributed by atoms with Crippen molar-refractivity contribution in [2.24, 2.45) is 0 Å². The predicted molar refractivity (Wildman–Crippen MR) is 83.4 cm³/mol. The maximum Gasteiger partial charge on any atom is 0.337 e. The number of halogens is 2. The van der Waals surface area contributed by atoms with Gasteiger partial charge in [0.05, 0.1) is 15.5 Å². The molecular formula is C13H9BrClNO4S. The number of rotatable bonds is 4. The number of anilines is 1. The Labute approximate surface area is 134 Å². The Morgan fingerprint density at radius 1 is 1.19 bits per heavy atom. The lowest BCUT2D eigenvalue weighted by molar-refractivity contribution is 0.0697. The summed E-state index contributed by atoms with van der Waals surface area (Å²) in [7, 11) is -3.84. The first-order valence-corrected chi connectivity index (χ1v) is 8.26. The molecular weight excluding hydrogens is 382 g/mol. The third-order valence-corrected chi connectivity index (χ3v) is 4.74. The second kappa shape index (κ2) is 6.05. The molecule has 110 valence electrons. The van der Waals surface area contributed by atoms with Crippen LogP contribution >= 0.6 is 27.5 Å². The van der Waals surface area contributed by atoms with Crippen molar-refractivity contribution in [3.8, 4) is 0 Å². The molecule has 0 saturated heterocycles. The molecule has 5 nitrogen and oxygen atoms in total. The lowest BCUT2D eigenvalue weighted by Crippen LogP contribution is -2.13. The summed E-state index contributed by atoms with van der Waals surface area (Å²) in [5, 5.41) is 8.73. The number of benzene rings is 2. The molecule has 0 radical (unpaired) electrons. The van der Waals surface area contributed by atoms with Crippen molar-refractivity contribution in [2.45, 2.75) is 4.90 Å². The van der Waals surface area contributed by atoms with E-state index in [4.69, 9.17) is 16.7 Å². The van der Waals surface area contributed by atoms with Gasteiger partial charge in [-0.3, -0.25) is 4.72 Å². The zero-order valence-corrected chi connectivity index (χ0v) is 13.5.